The van der Waals surface area contributed by atoms with Crippen LogP contribution in [0.2, 0.25) is 0 Å². The molecule has 3 heterocycles. The summed E-state index contributed by atoms with van der Waals surface area (Å²) in [6.07, 6.45) is 3.56. The van der Waals surface area contributed by atoms with Crippen LogP contribution in [0, 0.1) is 6.92 Å². The van der Waals surface area contributed by atoms with E-state index in [0.29, 0.717) is 13.0 Å². The Labute approximate surface area is 160 Å². The summed E-state index contributed by atoms with van der Waals surface area (Å²) in [5.74, 6) is 2.89. The fraction of sp³-hybridized carbons (Fsp3) is 0.476. The number of benzene rings is 1. The highest BCUT2D eigenvalue weighted by atomic mass is 16.5. The Morgan fingerprint density at radius 2 is 2.07 bits per heavy atom. The van der Waals surface area contributed by atoms with E-state index in [1.54, 1.807) is 0 Å². The molecule has 1 saturated heterocycles. The van der Waals surface area contributed by atoms with Crippen LogP contribution < -0.4 is 9.64 Å². The Morgan fingerprint density at radius 1 is 1.22 bits per heavy atom. The molecular weight excluding hydrogens is 340 g/mol. The number of carbonyl (C=O) groups is 1. The van der Waals surface area contributed by atoms with Gasteiger partial charge in [-0.3, -0.25) is 4.79 Å². The van der Waals surface area contributed by atoms with Gasteiger partial charge in [0, 0.05) is 45.1 Å². The molecule has 142 valence electrons. The van der Waals surface area contributed by atoms with E-state index in [-0.39, 0.29) is 5.91 Å². The first-order chi connectivity index (χ1) is 13.1. The van der Waals surface area contributed by atoms with E-state index in [4.69, 9.17) is 9.72 Å². The molecule has 2 aliphatic heterocycles. The number of aryl methyl sites for hydroxylation is 1. The van der Waals surface area contributed by atoms with Gasteiger partial charge in [0.05, 0.1) is 5.69 Å². The van der Waals surface area contributed by atoms with Crippen LogP contribution in [0.4, 0.5) is 5.82 Å². The summed E-state index contributed by atoms with van der Waals surface area (Å²) in [5.41, 5.74) is 3.23. The third kappa shape index (κ3) is 3.75. The van der Waals surface area contributed by atoms with E-state index in [1.807, 2.05) is 37.1 Å². The van der Waals surface area contributed by atoms with Crippen molar-refractivity contribution in [2.75, 3.05) is 31.6 Å². The van der Waals surface area contributed by atoms with Crippen LogP contribution in [0.1, 0.15) is 41.9 Å². The number of nitrogens with zero attached hydrogens (tertiary/aromatic N) is 4. The smallest absolute Gasteiger partial charge is 0.222 e. The predicted molar refractivity (Wildman–Crippen MR) is 104 cm³/mol. The molecule has 0 saturated carbocycles. The van der Waals surface area contributed by atoms with Gasteiger partial charge in [0.2, 0.25) is 5.91 Å². The summed E-state index contributed by atoms with van der Waals surface area (Å²) in [6.45, 7) is 4.75. The molecule has 1 aromatic carbocycles. The molecule has 0 unspecified atom stereocenters. The largest absolute Gasteiger partial charge is 0.487 e. The Morgan fingerprint density at radius 3 is 2.93 bits per heavy atom. The number of aromatic nitrogens is 2. The van der Waals surface area contributed by atoms with Gasteiger partial charge in [-0.25, -0.2) is 9.97 Å². The van der Waals surface area contributed by atoms with Gasteiger partial charge < -0.3 is 14.5 Å². The van der Waals surface area contributed by atoms with Crippen molar-refractivity contribution < 1.29 is 9.53 Å². The van der Waals surface area contributed by atoms with Crippen molar-refractivity contribution in [3.8, 4) is 5.75 Å². The minimum absolute atomic E-state index is 0.273. The van der Waals surface area contributed by atoms with Gasteiger partial charge in [0.25, 0.3) is 0 Å². The number of hydrogen-bond acceptors (Lipinski definition) is 5. The number of rotatable bonds is 4. The van der Waals surface area contributed by atoms with Gasteiger partial charge >= 0.3 is 0 Å². The second kappa shape index (κ2) is 7.55. The van der Waals surface area contributed by atoms with Crippen LogP contribution in [0.25, 0.3) is 0 Å². The van der Waals surface area contributed by atoms with Crippen molar-refractivity contribution in [1.82, 2.24) is 14.9 Å². The number of para-hydroxylation sites is 1. The lowest BCUT2D eigenvalue weighted by Gasteiger charge is -2.30. The lowest BCUT2D eigenvalue weighted by molar-refractivity contribution is -0.133. The number of fused-ring (bicyclic) bond motifs is 2. The maximum atomic E-state index is 12.1. The predicted octanol–water partition coefficient (Wildman–Crippen LogP) is 2.72. The van der Waals surface area contributed by atoms with E-state index in [0.717, 1.165) is 73.1 Å². The lowest BCUT2D eigenvalue weighted by atomic mass is 10.0. The molecule has 27 heavy (non-hydrogen) atoms. The number of carbonyl (C=O) groups excluding carboxylic acids is 1. The molecule has 2 aliphatic rings. The van der Waals surface area contributed by atoms with Gasteiger partial charge in [-0.15, -0.1) is 0 Å². The maximum Gasteiger partial charge on any atom is 0.222 e. The van der Waals surface area contributed by atoms with E-state index in [9.17, 15) is 4.79 Å². The Kier molecular flexibility index (Phi) is 4.97. The molecule has 0 radical (unpaired) electrons. The topological polar surface area (TPSA) is 58.6 Å². The molecule has 0 spiro atoms. The zero-order chi connectivity index (χ0) is 18.8. The molecule has 2 aromatic rings. The number of hydrogen-bond donors (Lipinski definition) is 0. The summed E-state index contributed by atoms with van der Waals surface area (Å²) in [5, 5.41) is 0. The van der Waals surface area contributed by atoms with Crippen LogP contribution in [-0.4, -0.2) is 47.5 Å². The standard InChI is InChI=1S/C21H26N4O2/c1-15-22-18-14-27-19-8-4-3-7-16(19)13-17(18)21(23-15)24(2)11-12-25-10-6-5-9-20(25)26/h3-4,7-8H,5-6,9-14H2,1-2H3. The summed E-state index contributed by atoms with van der Waals surface area (Å²) < 4.78 is 5.97. The first kappa shape index (κ1) is 17.8. The molecular formula is C21H26N4O2. The minimum atomic E-state index is 0.273. The van der Waals surface area contributed by atoms with Crippen LogP contribution in [-0.2, 0) is 17.8 Å². The second-order valence-electron chi connectivity index (χ2n) is 7.35. The highest BCUT2D eigenvalue weighted by molar-refractivity contribution is 5.76. The quantitative estimate of drug-likeness (QED) is 0.833. The molecule has 1 amide bonds. The molecule has 6 heteroatoms. The SMILES string of the molecule is Cc1nc2c(c(N(C)CCN3CCCCC3=O)n1)Cc1ccccc1OC2. The highest BCUT2D eigenvalue weighted by Gasteiger charge is 2.23. The molecule has 1 fully saturated rings. The average Bonchev–Trinajstić information content (AvgIpc) is 2.86. The second-order valence-corrected chi connectivity index (χ2v) is 7.35. The fourth-order valence-corrected chi connectivity index (χ4v) is 3.86. The minimum Gasteiger partial charge on any atom is -0.487 e. The van der Waals surface area contributed by atoms with Gasteiger partial charge in [0.15, 0.2) is 0 Å². The normalized spacial score (nSPS) is 16.2. The molecule has 4 rings (SSSR count). The van der Waals surface area contributed by atoms with Crippen LogP contribution in [0.3, 0.4) is 0 Å². The van der Waals surface area contributed by atoms with Crippen molar-refractivity contribution in [3.63, 3.8) is 0 Å². The van der Waals surface area contributed by atoms with Gasteiger partial charge in [-0.05, 0) is 31.4 Å². The van der Waals surface area contributed by atoms with E-state index in [1.165, 1.54) is 0 Å². The van der Waals surface area contributed by atoms with Gasteiger partial charge in [-0.1, -0.05) is 18.2 Å². The number of amides is 1. The van der Waals surface area contributed by atoms with Crippen molar-refractivity contribution in [2.24, 2.45) is 0 Å². The summed E-state index contributed by atoms with van der Waals surface area (Å²) in [4.78, 5) is 25.6. The van der Waals surface area contributed by atoms with Gasteiger partial charge in [0.1, 0.15) is 24.0 Å². The number of piperidine rings is 1. The van der Waals surface area contributed by atoms with Crippen LogP contribution >= 0.6 is 0 Å². The van der Waals surface area contributed by atoms with Crippen molar-refractivity contribution in [1.29, 1.82) is 0 Å². The first-order valence-electron chi connectivity index (χ1n) is 9.68. The molecule has 0 N–H and O–H groups in total. The van der Waals surface area contributed by atoms with E-state index < -0.39 is 0 Å². The highest BCUT2D eigenvalue weighted by Crippen LogP contribution is 2.31. The molecule has 1 aromatic heterocycles. The number of anilines is 1. The Bertz CT molecular complexity index is 852. The zero-order valence-corrected chi connectivity index (χ0v) is 16.1. The Balaban J connectivity index is 1.58. The zero-order valence-electron chi connectivity index (χ0n) is 16.1. The van der Waals surface area contributed by atoms with E-state index >= 15 is 0 Å². The van der Waals surface area contributed by atoms with Crippen molar-refractivity contribution in [3.05, 3.63) is 46.9 Å². The monoisotopic (exact) mass is 366 g/mol. The summed E-state index contributed by atoms with van der Waals surface area (Å²) >= 11 is 0. The van der Waals surface area contributed by atoms with Crippen molar-refractivity contribution >= 4 is 11.7 Å². The van der Waals surface area contributed by atoms with Crippen molar-refractivity contribution in [2.45, 2.75) is 39.2 Å². The molecule has 0 bridgehead atoms. The first-order valence-corrected chi connectivity index (χ1v) is 9.68. The number of ether oxygens (including phenoxy) is 1. The number of likely N-dealkylation sites (N-methyl/N-ethyl adjacent to an activating group) is 1. The Hall–Kier alpha value is -2.63. The average molecular weight is 366 g/mol. The molecule has 0 aliphatic carbocycles. The summed E-state index contributed by atoms with van der Waals surface area (Å²) in [7, 11) is 2.05. The third-order valence-electron chi connectivity index (χ3n) is 5.38. The third-order valence-corrected chi connectivity index (χ3v) is 5.38. The van der Waals surface area contributed by atoms with Crippen LogP contribution in [0.15, 0.2) is 24.3 Å². The summed E-state index contributed by atoms with van der Waals surface area (Å²) in [6, 6.07) is 8.13. The lowest BCUT2D eigenvalue weighted by Crippen LogP contribution is -2.40. The van der Waals surface area contributed by atoms with Crippen LogP contribution in [0.5, 0.6) is 5.75 Å². The molecule has 0 atom stereocenters. The number of likely N-dealkylation sites (tertiary alicyclic amines) is 1. The maximum absolute atomic E-state index is 12.1. The fourth-order valence-electron chi connectivity index (χ4n) is 3.86. The van der Waals surface area contributed by atoms with E-state index in [2.05, 4.69) is 16.0 Å². The molecule has 6 nitrogen and oxygen atoms in total. The van der Waals surface area contributed by atoms with Gasteiger partial charge in [-0.2, -0.15) is 0 Å².